The van der Waals surface area contributed by atoms with Gasteiger partial charge in [0.15, 0.2) is 0 Å². The van der Waals surface area contributed by atoms with E-state index >= 15 is 0 Å². The van der Waals surface area contributed by atoms with Gasteiger partial charge < -0.3 is 14.5 Å². The highest BCUT2D eigenvalue weighted by molar-refractivity contribution is 6.04. The molecule has 1 heterocycles. The van der Waals surface area contributed by atoms with Crippen molar-refractivity contribution in [2.45, 2.75) is 13.8 Å². The maximum absolute atomic E-state index is 12.3. The van der Waals surface area contributed by atoms with Crippen LogP contribution >= 0.6 is 0 Å². The molecule has 0 aliphatic heterocycles. The second kappa shape index (κ2) is 5.14. The Morgan fingerprint density at radius 1 is 1.42 bits per heavy atom. The molecule has 1 aromatic heterocycles. The average Bonchev–Trinajstić information content (AvgIpc) is 2.43. The lowest BCUT2D eigenvalue weighted by Crippen LogP contribution is -2.24. The molecule has 2 aromatic rings. The van der Waals surface area contributed by atoms with Crippen LogP contribution in [0.5, 0.6) is 5.75 Å². The Morgan fingerprint density at radius 2 is 2.11 bits per heavy atom. The fourth-order valence-electron chi connectivity index (χ4n) is 2.01. The summed E-state index contributed by atoms with van der Waals surface area (Å²) in [5.41, 5.74) is 0.926. The maximum Gasteiger partial charge on any atom is 0.263 e. The average molecular weight is 260 g/mol. The zero-order chi connectivity index (χ0) is 14.0. The van der Waals surface area contributed by atoms with Gasteiger partial charge in [-0.25, -0.2) is 0 Å². The van der Waals surface area contributed by atoms with Crippen LogP contribution in [0.1, 0.15) is 19.4 Å². The number of para-hydroxylation sites is 1. The van der Waals surface area contributed by atoms with E-state index in [0.29, 0.717) is 23.2 Å². The molecule has 1 aromatic carbocycles. The second-order valence-corrected chi connectivity index (χ2v) is 4.20. The largest absolute Gasteiger partial charge is 0.506 e. The number of aryl methyl sites for hydroxylation is 1. The molecule has 0 fully saturated rings. The third-order valence-electron chi connectivity index (χ3n) is 2.97. The minimum Gasteiger partial charge on any atom is -0.506 e. The Hall–Kier alpha value is -2.30. The zero-order valence-electron chi connectivity index (χ0n) is 11.2. The van der Waals surface area contributed by atoms with Crippen molar-refractivity contribution in [1.82, 2.24) is 4.57 Å². The van der Waals surface area contributed by atoms with Gasteiger partial charge in [0.2, 0.25) is 0 Å². The Balaban J connectivity index is 2.79. The number of hydrogen-bond donors (Lipinski definition) is 1. The van der Waals surface area contributed by atoms with Crippen LogP contribution < -0.4 is 5.56 Å². The van der Waals surface area contributed by atoms with E-state index in [1.165, 1.54) is 4.57 Å². The van der Waals surface area contributed by atoms with Crippen LogP contribution in [0.4, 0.5) is 0 Å². The highest BCUT2D eigenvalue weighted by Crippen LogP contribution is 2.26. The lowest BCUT2D eigenvalue weighted by atomic mass is 10.1. The first-order valence-electron chi connectivity index (χ1n) is 6.05. The molecule has 0 amide bonds. The van der Waals surface area contributed by atoms with Crippen molar-refractivity contribution in [2.24, 2.45) is 12.2 Å². The summed E-state index contributed by atoms with van der Waals surface area (Å²) in [5, 5.41) is 14.7. The summed E-state index contributed by atoms with van der Waals surface area (Å²) in [6, 6.07) is 7.18. The highest BCUT2D eigenvalue weighted by atomic mass is 16.6. The van der Waals surface area contributed by atoms with Crippen molar-refractivity contribution in [3.05, 3.63) is 40.2 Å². The quantitative estimate of drug-likeness (QED) is 0.678. The zero-order valence-corrected chi connectivity index (χ0v) is 11.2. The van der Waals surface area contributed by atoms with Crippen molar-refractivity contribution in [2.75, 3.05) is 6.61 Å². The first-order chi connectivity index (χ1) is 9.07. The summed E-state index contributed by atoms with van der Waals surface area (Å²) in [7, 11) is 1.67. The molecular weight excluding hydrogens is 244 g/mol. The molecule has 5 heteroatoms. The van der Waals surface area contributed by atoms with Crippen LogP contribution in [0.25, 0.3) is 10.9 Å². The van der Waals surface area contributed by atoms with Crippen molar-refractivity contribution < 1.29 is 9.94 Å². The summed E-state index contributed by atoms with van der Waals surface area (Å²) in [5.74, 6) is -0.0559. The van der Waals surface area contributed by atoms with E-state index in [2.05, 4.69) is 5.16 Å². The Kier molecular flexibility index (Phi) is 3.55. The van der Waals surface area contributed by atoms with Crippen molar-refractivity contribution in [3.63, 3.8) is 0 Å². The van der Waals surface area contributed by atoms with Gasteiger partial charge in [0.1, 0.15) is 17.9 Å². The molecule has 1 N–H and O–H groups in total. The molecule has 0 aliphatic rings. The molecule has 0 radical (unpaired) electrons. The molecular formula is C14H16N2O3. The van der Waals surface area contributed by atoms with Crippen LogP contribution in [0, 0.1) is 0 Å². The van der Waals surface area contributed by atoms with Gasteiger partial charge in [-0.2, -0.15) is 0 Å². The summed E-state index contributed by atoms with van der Waals surface area (Å²) in [6.45, 7) is 3.85. The Labute approximate surface area is 110 Å². The third kappa shape index (κ3) is 2.19. The van der Waals surface area contributed by atoms with Crippen LogP contribution in [0.2, 0.25) is 0 Å². The van der Waals surface area contributed by atoms with Gasteiger partial charge in [-0.15, -0.1) is 0 Å². The molecule has 19 heavy (non-hydrogen) atoms. The molecule has 0 bridgehead atoms. The normalized spacial score (nSPS) is 11.8. The number of aromatic nitrogens is 1. The van der Waals surface area contributed by atoms with Crippen LogP contribution in [-0.4, -0.2) is 22.0 Å². The predicted molar refractivity (Wildman–Crippen MR) is 74.7 cm³/mol. The third-order valence-corrected chi connectivity index (χ3v) is 2.97. The number of hydrogen-bond acceptors (Lipinski definition) is 4. The molecule has 0 aliphatic carbocycles. The SMILES string of the molecule is CCO/N=C(/C)c1c(O)c2ccccc2n(C)c1=O. The van der Waals surface area contributed by atoms with Gasteiger partial charge in [-0.3, -0.25) is 4.79 Å². The lowest BCUT2D eigenvalue weighted by molar-refractivity contribution is 0.159. The van der Waals surface area contributed by atoms with Crippen molar-refractivity contribution in [3.8, 4) is 5.75 Å². The molecule has 100 valence electrons. The van der Waals surface area contributed by atoms with Gasteiger partial charge in [-0.05, 0) is 26.0 Å². The number of aromatic hydroxyl groups is 1. The van der Waals surface area contributed by atoms with Gasteiger partial charge in [-0.1, -0.05) is 17.3 Å². The van der Waals surface area contributed by atoms with E-state index in [1.807, 2.05) is 12.1 Å². The van der Waals surface area contributed by atoms with Crippen molar-refractivity contribution >= 4 is 16.6 Å². The molecule has 0 unspecified atom stereocenters. The van der Waals surface area contributed by atoms with E-state index in [4.69, 9.17) is 4.84 Å². The molecule has 2 rings (SSSR count). The monoisotopic (exact) mass is 260 g/mol. The van der Waals surface area contributed by atoms with Crippen LogP contribution in [0.15, 0.2) is 34.2 Å². The highest BCUT2D eigenvalue weighted by Gasteiger charge is 2.16. The van der Waals surface area contributed by atoms with Crippen LogP contribution in [-0.2, 0) is 11.9 Å². The summed E-state index contributed by atoms with van der Waals surface area (Å²) < 4.78 is 1.50. The van der Waals surface area contributed by atoms with E-state index < -0.39 is 0 Å². The second-order valence-electron chi connectivity index (χ2n) is 4.20. The van der Waals surface area contributed by atoms with Gasteiger partial charge in [0.25, 0.3) is 5.56 Å². The van der Waals surface area contributed by atoms with E-state index in [-0.39, 0.29) is 16.9 Å². The minimum absolute atomic E-state index is 0.0559. The number of rotatable bonds is 3. The summed E-state index contributed by atoms with van der Waals surface area (Å²) >= 11 is 0. The van der Waals surface area contributed by atoms with Gasteiger partial charge in [0.05, 0.1) is 11.2 Å². The minimum atomic E-state index is -0.294. The molecule has 0 saturated carbocycles. The summed E-state index contributed by atoms with van der Waals surface area (Å²) in [4.78, 5) is 17.2. The predicted octanol–water partition coefficient (Wildman–Crippen LogP) is 2.00. The number of nitrogens with zero attached hydrogens (tertiary/aromatic N) is 2. The maximum atomic E-state index is 12.3. The smallest absolute Gasteiger partial charge is 0.263 e. The number of benzene rings is 1. The van der Waals surface area contributed by atoms with E-state index in [0.717, 1.165) is 0 Å². The molecule has 0 atom stereocenters. The topological polar surface area (TPSA) is 63.8 Å². The van der Waals surface area contributed by atoms with E-state index in [9.17, 15) is 9.90 Å². The summed E-state index contributed by atoms with van der Waals surface area (Å²) in [6.07, 6.45) is 0. The fraction of sp³-hybridized carbons (Fsp3) is 0.286. The Morgan fingerprint density at radius 3 is 2.79 bits per heavy atom. The Bertz CT molecular complexity index is 702. The van der Waals surface area contributed by atoms with Gasteiger partial charge >= 0.3 is 0 Å². The number of fused-ring (bicyclic) bond motifs is 1. The van der Waals surface area contributed by atoms with Crippen LogP contribution in [0.3, 0.4) is 0 Å². The first kappa shape index (κ1) is 13.1. The number of oxime groups is 1. The standard InChI is InChI=1S/C14H16N2O3/c1-4-19-15-9(2)12-13(17)10-7-5-6-8-11(10)16(3)14(12)18/h5-8,17H,4H2,1-3H3/b15-9-. The fourth-order valence-corrected chi connectivity index (χ4v) is 2.01. The lowest BCUT2D eigenvalue weighted by Gasteiger charge is -2.11. The molecule has 0 spiro atoms. The van der Waals surface area contributed by atoms with Crippen molar-refractivity contribution in [1.29, 1.82) is 0 Å². The number of pyridine rings is 1. The van der Waals surface area contributed by atoms with E-state index in [1.54, 1.807) is 33.0 Å². The first-order valence-corrected chi connectivity index (χ1v) is 6.05. The molecule has 0 saturated heterocycles. The molecule has 5 nitrogen and oxygen atoms in total. The van der Waals surface area contributed by atoms with Gasteiger partial charge in [0, 0.05) is 12.4 Å².